The molecule has 0 aromatic rings. The Hall–Kier alpha value is -0.650. The Morgan fingerprint density at radius 1 is 1.00 bits per heavy atom. The molecule has 4 aliphatic carbocycles. The average molecular weight is 437 g/mol. The highest BCUT2D eigenvalue weighted by Gasteiger charge is 2.66. The van der Waals surface area contributed by atoms with Gasteiger partial charge in [-0.25, -0.2) is 0 Å². The maximum absolute atomic E-state index is 11.7. The summed E-state index contributed by atoms with van der Waals surface area (Å²) in [5.41, 5.74) is 0.109. The minimum Gasteiger partial charge on any atom is -0.481 e. The van der Waals surface area contributed by atoms with Gasteiger partial charge in [-0.05, 0) is 97.2 Å². The number of aliphatic hydroxyl groups is 3. The van der Waals surface area contributed by atoms with Crippen molar-refractivity contribution in [2.45, 2.75) is 104 Å². The Labute approximate surface area is 187 Å². The Morgan fingerprint density at radius 3 is 2.32 bits per heavy atom. The minimum absolute atomic E-state index is 0.0465. The maximum Gasteiger partial charge on any atom is 0.303 e. The highest BCUT2D eigenvalue weighted by molar-refractivity contribution is 5.66. The van der Waals surface area contributed by atoms with Gasteiger partial charge < -0.3 is 20.4 Å². The Bertz CT molecular complexity index is 681. The number of carboxylic acid groups (broad SMARTS) is 1. The third kappa shape index (κ3) is 3.58. The monoisotopic (exact) mass is 436 g/mol. The molecule has 0 radical (unpaired) electrons. The van der Waals surface area contributed by atoms with Crippen LogP contribution in [-0.2, 0) is 4.79 Å². The molecule has 178 valence electrons. The van der Waals surface area contributed by atoms with Crippen molar-refractivity contribution in [3.05, 3.63) is 0 Å². The molecule has 0 aliphatic heterocycles. The predicted octanol–water partition coefficient (Wildman–Crippen LogP) is 4.08. The third-order valence-electron chi connectivity index (χ3n) is 10.9. The first-order chi connectivity index (χ1) is 14.5. The van der Waals surface area contributed by atoms with Crippen LogP contribution in [0.4, 0.5) is 0 Å². The number of aliphatic carboxylic acids is 1. The molecule has 5 heteroatoms. The second kappa shape index (κ2) is 8.29. The van der Waals surface area contributed by atoms with Crippen LogP contribution in [-0.4, -0.2) is 44.7 Å². The molecule has 5 nitrogen and oxygen atoms in total. The lowest BCUT2D eigenvalue weighted by atomic mass is 9.41. The van der Waals surface area contributed by atoms with Crippen LogP contribution in [0.5, 0.6) is 0 Å². The lowest BCUT2D eigenvalue weighted by Crippen LogP contribution is -2.62. The summed E-state index contributed by atoms with van der Waals surface area (Å²) in [6.07, 6.45) is 6.23. The van der Waals surface area contributed by atoms with E-state index in [0.29, 0.717) is 18.3 Å². The van der Waals surface area contributed by atoms with E-state index < -0.39 is 12.1 Å². The molecule has 0 saturated heterocycles. The highest BCUT2D eigenvalue weighted by Crippen LogP contribution is 2.69. The molecule has 4 N–H and O–H groups in total. The lowest BCUT2D eigenvalue weighted by Gasteiger charge is -2.64. The van der Waals surface area contributed by atoms with E-state index in [9.17, 15) is 20.1 Å². The van der Waals surface area contributed by atoms with Crippen LogP contribution in [0.2, 0.25) is 0 Å². The number of fused-ring (bicyclic) bond motifs is 5. The summed E-state index contributed by atoms with van der Waals surface area (Å²) >= 11 is 0. The first-order valence-corrected chi connectivity index (χ1v) is 12.8. The normalized spacial score (nSPS) is 52.7. The first kappa shape index (κ1) is 23.5. The Kier molecular flexibility index (Phi) is 6.28. The first-order valence-electron chi connectivity index (χ1n) is 12.8. The zero-order valence-electron chi connectivity index (χ0n) is 19.8. The van der Waals surface area contributed by atoms with Gasteiger partial charge in [0.15, 0.2) is 0 Å². The number of hydrogen-bond acceptors (Lipinski definition) is 4. The van der Waals surface area contributed by atoms with Gasteiger partial charge in [-0.2, -0.15) is 0 Å². The van der Waals surface area contributed by atoms with Gasteiger partial charge in [-0.15, -0.1) is 0 Å². The van der Waals surface area contributed by atoms with Crippen LogP contribution in [0, 0.1) is 52.3 Å². The van der Waals surface area contributed by atoms with Crippen molar-refractivity contribution in [1.29, 1.82) is 0 Å². The molecule has 4 aliphatic rings. The van der Waals surface area contributed by atoms with Gasteiger partial charge in [0, 0.05) is 6.42 Å². The van der Waals surface area contributed by atoms with Gasteiger partial charge in [-0.3, -0.25) is 4.79 Å². The molecule has 0 bridgehead atoms. The zero-order valence-corrected chi connectivity index (χ0v) is 19.8. The zero-order chi connectivity index (χ0) is 22.7. The number of aliphatic hydroxyl groups excluding tert-OH is 3. The van der Waals surface area contributed by atoms with Crippen molar-refractivity contribution in [3.8, 4) is 0 Å². The molecule has 4 fully saturated rings. The number of rotatable bonds is 5. The quantitative estimate of drug-likeness (QED) is 0.520. The van der Waals surface area contributed by atoms with E-state index in [-0.39, 0.29) is 59.0 Å². The van der Waals surface area contributed by atoms with Crippen LogP contribution in [0.1, 0.15) is 85.5 Å². The van der Waals surface area contributed by atoms with E-state index in [0.717, 1.165) is 44.9 Å². The van der Waals surface area contributed by atoms with Crippen LogP contribution < -0.4 is 0 Å². The van der Waals surface area contributed by atoms with Crippen molar-refractivity contribution < 1.29 is 25.2 Å². The molecule has 0 aromatic carbocycles. The van der Waals surface area contributed by atoms with Crippen LogP contribution in [0.3, 0.4) is 0 Å². The van der Waals surface area contributed by atoms with E-state index in [4.69, 9.17) is 5.11 Å². The van der Waals surface area contributed by atoms with Crippen molar-refractivity contribution >= 4 is 5.97 Å². The number of hydrogen-bond donors (Lipinski definition) is 4. The summed E-state index contributed by atoms with van der Waals surface area (Å²) in [4.78, 5) is 11.1. The number of carbonyl (C=O) groups is 1. The van der Waals surface area contributed by atoms with E-state index in [1.54, 1.807) is 0 Å². The summed E-state index contributed by atoms with van der Waals surface area (Å²) < 4.78 is 0. The molecule has 4 saturated carbocycles. The summed E-state index contributed by atoms with van der Waals surface area (Å²) in [5.74, 6) is 1.01. The van der Waals surface area contributed by atoms with Gasteiger partial charge in [-0.1, -0.05) is 34.1 Å². The molecule has 0 spiro atoms. The van der Waals surface area contributed by atoms with E-state index in [1.165, 1.54) is 0 Å². The van der Waals surface area contributed by atoms with Gasteiger partial charge >= 0.3 is 5.97 Å². The Morgan fingerprint density at radius 2 is 1.68 bits per heavy atom. The smallest absolute Gasteiger partial charge is 0.303 e. The average Bonchev–Trinajstić information content (AvgIpc) is 2.98. The van der Waals surface area contributed by atoms with E-state index in [2.05, 4.69) is 27.7 Å². The molecular weight excluding hydrogens is 392 g/mol. The summed E-state index contributed by atoms with van der Waals surface area (Å²) in [5, 5.41) is 42.5. The second-order valence-corrected chi connectivity index (χ2v) is 12.2. The number of carboxylic acids is 1. The van der Waals surface area contributed by atoms with Crippen LogP contribution in [0.25, 0.3) is 0 Å². The highest BCUT2D eigenvalue weighted by atomic mass is 16.4. The molecule has 12 atom stereocenters. The van der Waals surface area contributed by atoms with Crippen molar-refractivity contribution in [2.75, 3.05) is 0 Å². The van der Waals surface area contributed by atoms with Crippen LogP contribution in [0.15, 0.2) is 0 Å². The molecule has 0 aromatic heterocycles. The SMILES string of the molecule is CC[C@H]1[C@@H](O)[C@@H]2[C@H](CC[C@]3(C)[C@@H]([C@H](C)CCC(=O)O)[C@@H](O)C[C@@H]23)[C@@]2(C)CC[C@@H](O)C[C@@H]12. The lowest BCUT2D eigenvalue weighted by molar-refractivity contribution is -0.203. The third-order valence-corrected chi connectivity index (χ3v) is 10.9. The summed E-state index contributed by atoms with van der Waals surface area (Å²) in [6.45, 7) is 9.04. The second-order valence-electron chi connectivity index (χ2n) is 12.2. The van der Waals surface area contributed by atoms with E-state index in [1.807, 2.05) is 0 Å². The summed E-state index contributed by atoms with van der Waals surface area (Å²) in [6, 6.07) is 0. The van der Waals surface area contributed by atoms with Crippen LogP contribution >= 0.6 is 0 Å². The molecule has 0 heterocycles. The Balaban J connectivity index is 1.65. The van der Waals surface area contributed by atoms with Crippen molar-refractivity contribution in [3.63, 3.8) is 0 Å². The minimum atomic E-state index is -0.767. The molecule has 31 heavy (non-hydrogen) atoms. The maximum atomic E-state index is 11.7. The van der Waals surface area contributed by atoms with Gasteiger partial charge in [0.2, 0.25) is 0 Å². The fourth-order valence-electron chi connectivity index (χ4n) is 9.57. The summed E-state index contributed by atoms with van der Waals surface area (Å²) in [7, 11) is 0. The topological polar surface area (TPSA) is 98.0 Å². The molecule has 4 rings (SSSR count). The molecule has 0 amide bonds. The molecular formula is C26H44O5. The van der Waals surface area contributed by atoms with Gasteiger partial charge in [0.25, 0.3) is 0 Å². The van der Waals surface area contributed by atoms with E-state index >= 15 is 0 Å². The van der Waals surface area contributed by atoms with Crippen molar-refractivity contribution in [1.82, 2.24) is 0 Å². The van der Waals surface area contributed by atoms with Gasteiger partial charge in [0.05, 0.1) is 18.3 Å². The predicted molar refractivity (Wildman–Crippen MR) is 119 cm³/mol. The fourth-order valence-corrected chi connectivity index (χ4v) is 9.57. The fraction of sp³-hybridized carbons (Fsp3) is 0.962. The van der Waals surface area contributed by atoms with Crippen molar-refractivity contribution in [2.24, 2.45) is 52.3 Å². The molecule has 0 unspecified atom stereocenters. The largest absolute Gasteiger partial charge is 0.481 e. The van der Waals surface area contributed by atoms with Gasteiger partial charge in [0.1, 0.15) is 0 Å². The standard InChI is InChI=1S/C26H44O5/c1-5-16-18-12-15(27)8-10-25(18,3)17-9-11-26(4)19(22(17)24(16)31)13-20(28)23(26)14(2)6-7-21(29)30/h14-20,22-24,27-28,31H,5-13H2,1-4H3,(H,29,30)/t14-,15-,16-,17+,18+,19+,20+,22-,23+,24-,25-,26+/m1/s1.